The minimum absolute atomic E-state index is 0.270. The molecule has 6 aromatic carbocycles. The number of hydrogen-bond acceptors (Lipinski definition) is 2. The highest BCUT2D eigenvalue weighted by molar-refractivity contribution is 14.1. The molecule has 0 saturated carbocycles. The Kier molecular flexibility index (Phi) is 10.1. The minimum Gasteiger partial charge on any atom is -0.462 e. The average molecular weight is 811 g/mol. The van der Waals surface area contributed by atoms with Gasteiger partial charge in [-0.15, -0.1) is 0 Å². The Morgan fingerprint density at radius 2 is 1.09 bits per heavy atom. The van der Waals surface area contributed by atoms with Crippen LogP contribution >= 0.6 is 45.2 Å². The van der Waals surface area contributed by atoms with E-state index < -0.39 is 0 Å². The van der Waals surface area contributed by atoms with Crippen molar-refractivity contribution in [3.8, 4) is 44.5 Å². The second-order valence-corrected chi connectivity index (χ2v) is 13.6. The number of ether oxygens (including phenoxy) is 1. The maximum Gasteiger partial charge on any atom is 0.338 e. The summed E-state index contributed by atoms with van der Waals surface area (Å²) in [5, 5.41) is 0. The summed E-state index contributed by atoms with van der Waals surface area (Å²) in [5.74, 6) is -0.270. The van der Waals surface area contributed by atoms with Crippen LogP contribution in [0, 0.1) is 14.1 Å². The van der Waals surface area contributed by atoms with Crippen LogP contribution in [0.15, 0.2) is 140 Å². The second-order valence-electron chi connectivity index (χ2n) is 11.1. The highest BCUT2D eigenvalue weighted by Gasteiger charge is 2.17. The molecule has 0 radical (unpaired) electrons. The zero-order valence-corrected chi connectivity index (χ0v) is 29.3. The summed E-state index contributed by atoms with van der Waals surface area (Å²) in [7, 11) is 0. The summed E-state index contributed by atoms with van der Waals surface area (Å²) in [4.78, 5) is 12.3. The number of aryl methyl sites for hydroxylation is 2. The smallest absolute Gasteiger partial charge is 0.338 e. The van der Waals surface area contributed by atoms with E-state index in [-0.39, 0.29) is 5.97 Å². The van der Waals surface area contributed by atoms with Gasteiger partial charge in [-0.25, -0.2) is 4.79 Å². The predicted octanol–water partition coefficient (Wildman–Crippen LogP) is 11.7. The van der Waals surface area contributed by atoms with Gasteiger partial charge in [-0.1, -0.05) is 96.6 Å². The summed E-state index contributed by atoms with van der Waals surface area (Å²) in [5.41, 5.74) is 12.7. The van der Waals surface area contributed by atoms with Gasteiger partial charge in [0.25, 0.3) is 0 Å². The fourth-order valence-electron chi connectivity index (χ4n) is 5.52. The van der Waals surface area contributed by atoms with Crippen molar-refractivity contribution in [2.75, 3.05) is 6.61 Å². The molecule has 4 heteroatoms. The third-order valence-corrected chi connectivity index (χ3v) is 9.37. The van der Waals surface area contributed by atoms with Gasteiger partial charge in [0.1, 0.15) is 0 Å². The summed E-state index contributed by atoms with van der Waals surface area (Å²) in [6.45, 7) is 2.53. The molecule has 2 nitrogen and oxygen atoms in total. The topological polar surface area (TPSA) is 26.3 Å². The van der Waals surface area contributed by atoms with E-state index in [2.05, 4.69) is 161 Å². The van der Waals surface area contributed by atoms with Crippen molar-refractivity contribution in [1.82, 2.24) is 0 Å². The van der Waals surface area contributed by atoms with Crippen LogP contribution < -0.4 is 0 Å². The second kappa shape index (κ2) is 14.6. The van der Waals surface area contributed by atoms with Gasteiger partial charge < -0.3 is 4.74 Å². The van der Waals surface area contributed by atoms with E-state index in [4.69, 9.17) is 4.74 Å². The third kappa shape index (κ3) is 7.74. The van der Waals surface area contributed by atoms with Crippen LogP contribution in [0.5, 0.6) is 0 Å². The fourth-order valence-corrected chi connectivity index (χ4v) is 6.24. The van der Waals surface area contributed by atoms with Crippen molar-refractivity contribution in [1.29, 1.82) is 0 Å². The third-order valence-electron chi connectivity index (χ3n) is 7.93. The van der Waals surface area contributed by atoms with Gasteiger partial charge >= 0.3 is 5.97 Å². The number of benzene rings is 6. The Balaban J connectivity index is 1.34. The lowest BCUT2D eigenvalue weighted by molar-refractivity contribution is 0.0500. The molecule has 0 unspecified atom stereocenters. The maximum atomic E-state index is 12.3. The highest BCUT2D eigenvalue weighted by atomic mass is 127. The van der Waals surface area contributed by atoms with Crippen LogP contribution in [0.25, 0.3) is 44.5 Å². The standard InChI is InChI=1S/C41H32I2O2/c1-28-9-13-33(14-10-28)40-38(31-17-21-36(42)22-18-31)26-35(27-39(40)32-19-23-37(43)24-20-32)30-15-11-29(12-16-30)6-5-25-45-41(44)34-7-3-2-4-8-34/h2-4,7-24,26-27H,5-6,25H2,1H3. The summed E-state index contributed by atoms with van der Waals surface area (Å²) in [6, 6.07) is 49.1. The molecule has 0 amide bonds. The van der Waals surface area contributed by atoms with Crippen LogP contribution in [0.2, 0.25) is 0 Å². The first-order valence-corrected chi connectivity index (χ1v) is 17.2. The fraction of sp³-hybridized carbons (Fsp3) is 0.0976. The molecule has 0 spiro atoms. The van der Waals surface area contributed by atoms with E-state index in [1.165, 1.54) is 62.8 Å². The normalized spacial score (nSPS) is 10.9. The quantitative estimate of drug-likeness (QED) is 0.0826. The molecule has 6 aromatic rings. The summed E-state index contributed by atoms with van der Waals surface area (Å²) >= 11 is 4.74. The lowest BCUT2D eigenvalue weighted by atomic mass is 9.84. The van der Waals surface area contributed by atoms with Gasteiger partial charge in [-0.3, -0.25) is 0 Å². The molecule has 0 aromatic heterocycles. The molecule has 0 saturated heterocycles. The molecule has 0 atom stereocenters. The molecule has 0 fully saturated rings. The monoisotopic (exact) mass is 810 g/mol. The molecule has 45 heavy (non-hydrogen) atoms. The Bertz CT molecular complexity index is 1830. The number of carbonyl (C=O) groups excluding carboxylic acids is 1. The zero-order chi connectivity index (χ0) is 31.2. The average Bonchev–Trinajstić information content (AvgIpc) is 3.08. The summed E-state index contributed by atoms with van der Waals surface area (Å²) < 4.78 is 7.91. The number of esters is 1. The van der Waals surface area contributed by atoms with E-state index in [0.717, 1.165) is 12.8 Å². The first-order valence-electron chi connectivity index (χ1n) is 15.0. The molecule has 222 valence electrons. The van der Waals surface area contributed by atoms with Gasteiger partial charge in [0.2, 0.25) is 0 Å². The van der Waals surface area contributed by atoms with Crippen LogP contribution in [0.3, 0.4) is 0 Å². The van der Waals surface area contributed by atoms with Crippen molar-refractivity contribution in [2.24, 2.45) is 0 Å². The Labute approximate surface area is 292 Å². The van der Waals surface area contributed by atoms with Gasteiger partial charge in [0, 0.05) is 7.14 Å². The molecule has 6 rings (SSSR count). The van der Waals surface area contributed by atoms with Gasteiger partial charge in [-0.2, -0.15) is 0 Å². The van der Waals surface area contributed by atoms with E-state index in [9.17, 15) is 4.79 Å². The number of carbonyl (C=O) groups is 1. The number of hydrogen-bond donors (Lipinski definition) is 0. The first kappa shape index (κ1) is 31.2. The highest BCUT2D eigenvalue weighted by Crippen LogP contribution is 2.43. The minimum atomic E-state index is -0.270. The van der Waals surface area contributed by atoms with Gasteiger partial charge in [0.05, 0.1) is 12.2 Å². The van der Waals surface area contributed by atoms with E-state index in [0.29, 0.717) is 12.2 Å². The molecule has 0 aliphatic carbocycles. The van der Waals surface area contributed by atoms with Crippen LogP contribution in [0.4, 0.5) is 0 Å². The van der Waals surface area contributed by atoms with Crippen molar-refractivity contribution in [3.63, 3.8) is 0 Å². The molecular formula is C41H32I2O2. The molecule has 0 aliphatic heterocycles. The lowest BCUT2D eigenvalue weighted by Crippen LogP contribution is -2.06. The van der Waals surface area contributed by atoms with Crippen LogP contribution in [-0.2, 0) is 11.2 Å². The van der Waals surface area contributed by atoms with Crippen molar-refractivity contribution >= 4 is 51.2 Å². The van der Waals surface area contributed by atoms with E-state index >= 15 is 0 Å². The lowest BCUT2D eigenvalue weighted by Gasteiger charge is -2.19. The van der Waals surface area contributed by atoms with E-state index in [1.54, 1.807) is 12.1 Å². The van der Waals surface area contributed by atoms with E-state index in [1.807, 2.05) is 18.2 Å². The molecule has 0 aliphatic rings. The molecule has 0 bridgehead atoms. The van der Waals surface area contributed by atoms with Crippen LogP contribution in [0.1, 0.15) is 27.9 Å². The van der Waals surface area contributed by atoms with Crippen molar-refractivity contribution < 1.29 is 9.53 Å². The molecule has 0 heterocycles. The molecule has 0 N–H and O–H groups in total. The van der Waals surface area contributed by atoms with Gasteiger partial charge in [-0.05, 0) is 164 Å². The first-order chi connectivity index (χ1) is 21.9. The maximum absolute atomic E-state index is 12.3. The molecular weight excluding hydrogens is 778 g/mol. The Morgan fingerprint density at radius 1 is 0.578 bits per heavy atom. The largest absolute Gasteiger partial charge is 0.462 e. The Hall–Kier alpha value is -3.75. The SMILES string of the molecule is Cc1ccc(-c2c(-c3ccc(I)cc3)cc(-c3ccc(CCCOC(=O)c4ccccc4)cc3)cc2-c2ccc(I)cc2)cc1. The zero-order valence-electron chi connectivity index (χ0n) is 25.0. The van der Waals surface area contributed by atoms with Crippen molar-refractivity contribution in [2.45, 2.75) is 19.8 Å². The van der Waals surface area contributed by atoms with Crippen molar-refractivity contribution in [3.05, 3.63) is 163 Å². The Morgan fingerprint density at radius 3 is 1.64 bits per heavy atom. The predicted molar refractivity (Wildman–Crippen MR) is 203 cm³/mol. The number of halogens is 2. The van der Waals surface area contributed by atoms with Crippen LogP contribution in [-0.4, -0.2) is 12.6 Å². The van der Waals surface area contributed by atoms with Gasteiger partial charge in [0.15, 0.2) is 0 Å². The number of rotatable bonds is 9. The summed E-state index contributed by atoms with van der Waals surface area (Å²) in [6.07, 6.45) is 1.62.